The van der Waals surface area contributed by atoms with Gasteiger partial charge in [0.2, 0.25) is 0 Å². The molecule has 0 bridgehead atoms. The van der Waals surface area contributed by atoms with E-state index in [-0.39, 0.29) is 6.42 Å². The van der Waals surface area contributed by atoms with Crippen molar-refractivity contribution in [3.05, 3.63) is 35.9 Å². The van der Waals surface area contributed by atoms with Gasteiger partial charge in [0.15, 0.2) is 0 Å². The zero-order chi connectivity index (χ0) is 14.0. The van der Waals surface area contributed by atoms with Crippen molar-refractivity contribution in [2.24, 2.45) is 0 Å². The predicted molar refractivity (Wildman–Crippen MR) is 67.6 cm³/mol. The van der Waals surface area contributed by atoms with Crippen LogP contribution in [-0.2, 0) is 9.59 Å². The van der Waals surface area contributed by atoms with Gasteiger partial charge in [-0.15, -0.1) is 0 Å². The van der Waals surface area contributed by atoms with Gasteiger partial charge in [-0.1, -0.05) is 19.1 Å². The summed E-state index contributed by atoms with van der Waals surface area (Å²) in [5, 5.41) is 16.1. The van der Waals surface area contributed by atoms with E-state index >= 15 is 0 Å². The summed E-state index contributed by atoms with van der Waals surface area (Å²) in [7, 11) is 1.59. The Morgan fingerprint density at radius 2 is 1.72 bits per heavy atom. The summed E-state index contributed by atoms with van der Waals surface area (Å²) in [6, 6.07) is 7.14. The summed E-state index contributed by atoms with van der Waals surface area (Å²) in [6.45, 7) is 1.60. The van der Waals surface area contributed by atoms with Gasteiger partial charge in [-0.25, -0.2) is 4.79 Å². The monoisotopic (exact) mass is 252 g/mol. The van der Waals surface area contributed by atoms with Crippen molar-refractivity contribution >= 4 is 18.0 Å². The van der Waals surface area contributed by atoms with E-state index in [9.17, 15) is 9.59 Å². The van der Waals surface area contributed by atoms with Crippen LogP contribution in [-0.4, -0.2) is 29.3 Å². The molecular weight excluding hydrogens is 236 g/mol. The van der Waals surface area contributed by atoms with Crippen molar-refractivity contribution in [1.29, 1.82) is 0 Å². The second-order valence-electron chi connectivity index (χ2n) is 3.19. The highest BCUT2D eigenvalue weighted by Crippen LogP contribution is 2.11. The Hall–Kier alpha value is -2.30. The number of methoxy groups -OCH3 is 1. The van der Waals surface area contributed by atoms with E-state index in [1.165, 1.54) is 6.08 Å². The van der Waals surface area contributed by atoms with Crippen LogP contribution in [0.15, 0.2) is 30.3 Å². The van der Waals surface area contributed by atoms with Gasteiger partial charge in [-0.05, 0) is 23.8 Å². The normalized spacial score (nSPS) is 9.44. The number of benzene rings is 1. The second-order valence-corrected chi connectivity index (χ2v) is 3.19. The van der Waals surface area contributed by atoms with Gasteiger partial charge < -0.3 is 14.9 Å². The van der Waals surface area contributed by atoms with Gasteiger partial charge in [-0.2, -0.15) is 0 Å². The van der Waals surface area contributed by atoms with Crippen molar-refractivity contribution in [1.82, 2.24) is 0 Å². The van der Waals surface area contributed by atoms with Gasteiger partial charge >= 0.3 is 11.9 Å². The lowest BCUT2D eigenvalue weighted by molar-refractivity contribution is -0.136. The third-order valence-corrected chi connectivity index (χ3v) is 1.84. The van der Waals surface area contributed by atoms with Crippen molar-refractivity contribution in [3.8, 4) is 5.75 Å². The lowest BCUT2D eigenvalue weighted by Crippen LogP contribution is -1.86. The standard InChI is InChI=1S/C10H10O3.C3H6O2/c1-13-9-5-2-8(3-6-9)4-7-10(11)12;1-2-3(4)5/h2-7H,1H3,(H,11,12);2H2,1H3,(H,4,5). The molecule has 1 aromatic rings. The molecule has 0 aromatic heterocycles. The van der Waals surface area contributed by atoms with E-state index in [1.54, 1.807) is 38.3 Å². The Bertz CT molecular complexity index is 406. The fraction of sp³-hybridized carbons (Fsp3) is 0.231. The molecule has 98 valence electrons. The van der Waals surface area contributed by atoms with Gasteiger partial charge in [0.25, 0.3) is 0 Å². The van der Waals surface area contributed by atoms with E-state index < -0.39 is 11.9 Å². The van der Waals surface area contributed by atoms with E-state index in [0.717, 1.165) is 17.4 Å². The largest absolute Gasteiger partial charge is 0.497 e. The smallest absolute Gasteiger partial charge is 0.328 e. The van der Waals surface area contributed by atoms with Crippen LogP contribution in [0.1, 0.15) is 18.9 Å². The first-order valence-electron chi connectivity index (χ1n) is 5.26. The molecular formula is C13H16O5. The quantitative estimate of drug-likeness (QED) is 0.803. The van der Waals surface area contributed by atoms with Gasteiger partial charge in [0, 0.05) is 12.5 Å². The summed E-state index contributed by atoms with van der Waals surface area (Å²) in [5.74, 6) is -0.937. The maximum Gasteiger partial charge on any atom is 0.328 e. The molecule has 0 saturated heterocycles. The van der Waals surface area contributed by atoms with Crippen molar-refractivity contribution in [2.45, 2.75) is 13.3 Å². The zero-order valence-electron chi connectivity index (χ0n) is 10.3. The highest BCUT2D eigenvalue weighted by Gasteiger charge is 1.91. The van der Waals surface area contributed by atoms with Gasteiger partial charge in [0.1, 0.15) is 5.75 Å². The SMILES string of the molecule is CCC(=O)O.COc1ccc(C=CC(=O)O)cc1. The van der Waals surface area contributed by atoms with Gasteiger partial charge in [-0.3, -0.25) is 4.79 Å². The summed E-state index contributed by atoms with van der Waals surface area (Å²) in [4.78, 5) is 19.6. The Labute approximate surface area is 105 Å². The molecule has 0 aliphatic heterocycles. The van der Waals surface area contributed by atoms with Crippen LogP contribution in [0.25, 0.3) is 6.08 Å². The molecule has 0 heterocycles. The van der Waals surface area contributed by atoms with E-state index in [2.05, 4.69) is 0 Å². The third-order valence-electron chi connectivity index (χ3n) is 1.84. The summed E-state index contributed by atoms with van der Waals surface area (Å²) >= 11 is 0. The van der Waals surface area contributed by atoms with Crippen molar-refractivity contribution in [2.75, 3.05) is 7.11 Å². The molecule has 0 unspecified atom stereocenters. The topological polar surface area (TPSA) is 83.8 Å². The first-order valence-corrected chi connectivity index (χ1v) is 5.26. The number of carbonyl (C=O) groups is 2. The maximum atomic E-state index is 10.2. The molecule has 0 amide bonds. The Morgan fingerprint density at radius 3 is 2.06 bits per heavy atom. The number of hydrogen-bond acceptors (Lipinski definition) is 3. The van der Waals surface area contributed by atoms with Crippen LogP contribution in [0.4, 0.5) is 0 Å². The van der Waals surface area contributed by atoms with Crippen LogP contribution < -0.4 is 4.74 Å². The highest BCUT2D eigenvalue weighted by molar-refractivity contribution is 5.85. The van der Waals surface area contributed by atoms with Crippen LogP contribution in [0.5, 0.6) is 5.75 Å². The molecule has 0 aliphatic rings. The second kappa shape index (κ2) is 8.81. The minimum atomic E-state index is -0.948. The lowest BCUT2D eigenvalue weighted by atomic mass is 10.2. The third kappa shape index (κ3) is 7.92. The molecule has 2 N–H and O–H groups in total. The molecule has 0 spiro atoms. The summed E-state index contributed by atoms with van der Waals surface area (Å²) in [6.07, 6.45) is 2.85. The van der Waals surface area contributed by atoms with Crippen molar-refractivity contribution < 1.29 is 24.5 Å². The minimum absolute atomic E-state index is 0.222. The first kappa shape index (κ1) is 15.7. The van der Waals surface area contributed by atoms with Crippen LogP contribution in [0, 0.1) is 0 Å². The minimum Gasteiger partial charge on any atom is -0.497 e. The first-order chi connectivity index (χ1) is 8.49. The average Bonchev–Trinajstić information content (AvgIpc) is 2.37. The summed E-state index contributed by atoms with van der Waals surface area (Å²) in [5.41, 5.74) is 0.836. The Morgan fingerprint density at radius 1 is 1.22 bits per heavy atom. The Balaban J connectivity index is 0.000000494. The number of hydrogen-bond donors (Lipinski definition) is 2. The van der Waals surface area contributed by atoms with Gasteiger partial charge in [0.05, 0.1) is 7.11 Å². The zero-order valence-corrected chi connectivity index (χ0v) is 10.3. The van der Waals surface area contributed by atoms with E-state index in [4.69, 9.17) is 14.9 Å². The number of ether oxygens (including phenoxy) is 1. The highest BCUT2D eigenvalue weighted by atomic mass is 16.5. The lowest BCUT2D eigenvalue weighted by Gasteiger charge is -1.98. The number of rotatable bonds is 4. The molecule has 0 atom stereocenters. The molecule has 18 heavy (non-hydrogen) atoms. The van der Waals surface area contributed by atoms with E-state index in [0.29, 0.717) is 0 Å². The van der Waals surface area contributed by atoms with Crippen LogP contribution in [0.3, 0.4) is 0 Å². The number of carboxylic acid groups (broad SMARTS) is 2. The predicted octanol–water partition coefficient (Wildman–Crippen LogP) is 2.27. The molecule has 0 radical (unpaired) electrons. The fourth-order valence-electron chi connectivity index (χ4n) is 0.883. The van der Waals surface area contributed by atoms with Crippen LogP contribution >= 0.6 is 0 Å². The number of aliphatic carboxylic acids is 2. The van der Waals surface area contributed by atoms with Crippen LogP contribution in [0.2, 0.25) is 0 Å². The maximum absolute atomic E-state index is 10.2. The molecule has 1 aromatic carbocycles. The molecule has 0 saturated carbocycles. The van der Waals surface area contributed by atoms with E-state index in [1.807, 2.05) is 0 Å². The Kier molecular flexibility index (Phi) is 7.68. The molecule has 5 nitrogen and oxygen atoms in total. The van der Waals surface area contributed by atoms with Crippen molar-refractivity contribution in [3.63, 3.8) is 0 Å². The molecule has 1 rings (SSSR count). The average molecular weight is 252 g/mol. The molecule has 0 fully saturated rings. The summed E-state index contributed by atoms with van der Waals surface area (Å²) < 4.78 is 4.95. The molecule has 5 heteroatoms. The fourth-order valence-corrected chi connectivity index (χ4v) is 0.883. The number of carboxylic acids is 2. The molecule has 0 aliphatic carbocycles.